The van der Waals surface area contributed by atoms with Crippen LogP contribution in [0.25, 0.3) is 11.0 Å². The van der Waals surface area contributed by atoms with Crippen LogP contribution in [-0.2, 0) is 13.6 Å². The molecular weight excluding hydrogens is 318 g/mol. The zero-order chi connectivity index (χ0) is 17.6. The van der Waals surface area contributed by atoms with Gasteiger partial charge in [-0.05, 0) is 44.9 Å². The second-order valence-corrected chi connectivity index (χ2v) is 6.59. The largest absolute Gasteiger partial charge is 0.322 e. The Kier molecular flexibility index (Phi) is 3.67. The molecule has 2 N–H and O–H groups in total. The van der Waals surface area contributed by atoms with Crippen LogP contribution in [0.3, 0.4) is 0 Å². The number of nitrogens with one attached hydrogen (secondary N) is 2. The summed E-state index contributed by atoms with van der Waals surface area (Å²) in [6.45, 7) is 4.61. The first kappa shape index (κ1) is 15.6. The quantitative estimate of drug-likeness (QED) is 0.764. The average molecular weight is 339 g/mol. The van der Waals surface area contributed by atoms with Crippen molar-refractivity contribution in [2.75, 3.05) is 5.32 Å². The number of fused-ring (bicyclic) bond motifs is 1. The summed E-state index contributed by atoms with van der Waals surface area (Å²) < 4.78 is 1.87. The first-order valence-electron chi connectivity index (χ1n) is 8.40. The van der Waals surface area contributed by atoms with E-state index in [0.717, 1.165) is 46.5 Å². The number of rotatable bonds is 4. The van der Waals surface area contributed by atoms with Crippen LogP contribution in [-0.4, -0.2) is 42.2 Å². The van der Waals surface area contributed by atoms with Crippen molar-refractivity contribution in [2.45, 2.75) is 39.3 Å². The standard InChI is InChI=1S/C17H21N7O/c1-10-14(11(2)23(3)21-10)9-24(13-5-6-13)17(25)18-12-4-7-15-16(8-12)20-22-19-15/h4,7-8,13H,5-6,9H2,1-3H3,(H,18,25)(H,19,20,22). The number of amides is 2. The van der Waals surface area contributed by atoms with Crippen molar-refractivity contribution in [3.05, 3.63) is 35.2 Å². The Morgan fingerprint density at radius 3 is 2.76 bits per heavy atom. The Morgan fingerprint density at radius 2 is 2.08 bits per heavy atom. The molecule has 1 fully saturated rings. The number of carbonyl (C=O) groups is 1. The van der Waals surface area contributed by atoms with Gasteiger partial charge in [0.2, 0.25) is 0 Å². The Hall–Kier alpha value is -2.90. The van der Waals surface area contributed by atoms with Crippen molar-refractivity contribution in [1.82, 2.24) is 30.1 Å². The zero-order valence-corrected chi connectivity index (χ0v) is 14.6. The van der Waals surface area contributed by atoms with Crippen molar-refractivity contribution >= 4 is 22.8 Å². The van der Waals surface area contributed by atoms with Crippen LogP contribution in [0, 0.1) is 13.8 Å². The van der Waals surface area contributed by atoms with Gasteiger partial charge in [0.05, 0.1) is 12.2 Å². The van der Waals surface area contributed by atoms with Gasteiger partial charge in [-0.2, -0.15) is 20.5 Å². The number of aryl methyl sites for hydroxylation is 2. The first-order valence-corrected chi connectivity index (χ1v) is 8.40. The summed E-state index contributed by atoms with van der Waals surface area (Å²) in [4.78, 5) is 14.8. The minimum Gasteiger partial charge on any atom is -0.317 e. The van der Waals surface area contributed by atoms with Gasteiger partial charge in [-0.25, -0.2) is 4.79 Å². The number of hydrogen-bond acceptors (Lipinski definition) is 4. The van der Waals surface area contributed by atoms with Gasteiger partial charge >= 0.3 is 6.03 Å². The van der Waals surface area contributed by atoms with Gasteiger partial charge in [0.1, 0.15) is 11.0 Å². The first-order chi connectivity index (χ1) is 12.0. The molecule has 0 radical (unpaired) electrons. The summed E-state index contributed by atoms with van der Waals surface area (Å²) >= 11 is 0. The molecule has 2 amide bonds. The minimum atomic E-state index is -0.0898. The van der Waals surface area contributed by atoms with Gasteiger partial charge in [-0.3, -0.25) is 4.68 Å². The predicted molar refractivity (Wildman–Crippen MR) is 94.2 cm³/mol. The summed E-state index contributed by atoms with van der Waals surface area (Å²) in [5.41, 5.74) is 5.42. The summed E-state index contributed by atoms with van der Waals surface area (Å²) in [5, 5.41) is 18.1. The third kappa shape index (κ3) is 2.95. The normalized spacial score (nSPS) is 14.0. The van der Waals surface area contributed by atoms with E-state index in [1.165, 1.54) is 0 Å². The van der Waals surface area contributed by atoms with Crippen molar-refractivity contribution in [1.29, 1.82) is 0 Å². The number of aromatic nitrogens is 5. The van der Waals surface area contributed by atoms with E-state index in [-0.39, 0.29) is 6.03 Å². The molecule has 2 heterocycles. The van der Waals surface area contributed by atoms with Gasteiger partial charge in [0.15, 0.2) is 0 Å². The lowest BCUT2D eigenvalue weighted by atomic mass is 10.2. The summed E-state index contributed by atoms with van der Waals surface area (Å²) in [6.07, 6.45) is 2.10. The molecule has 0 unspecified atom stereocenters. The number of H-pyrrole nitrogens is 1. The van der Waals surface area contributed by atoms with Gasteiger partial charge in [0, 0.05) is 30.0 Å². The maximum absolute atomic E-state index is 12.8. The van der Waals surface area contributed by atoms with E-state index in [2.05, 4.69) is 25.8 Å². The number of benzene rings is 1. The van der Waals surface area contributed by atoms with Crippen LogP contribution < -0.4 is 5.32 Å². The van der Waals surface area contributed by atoms with Crippen molar-refractivity contribution in [3.63, 3.8) is 0 Å². The number of aromatic amines is 1. The van der Waals surface area contributed by atoms with Gasteiger partial charge in [-0.15, -0.1) is 0 Å². The van der Waals surface area contributed by atoms with Crippen LogP contribution in [0.1, 0.15) is 29.8 Å². The summed E-state index contributed by atoms with van der Waals surface area (Å²) in [5.74, 6) is 0. The van der Waals surface area contributed by atoms with Crippen LogP contribution in [0.4, 0.5) is 10.5 Å². The molecule has 130 valence electrons. The maximum atomic E-state index is 12.8. The Morgan fingerprint density at radius 1 is 1.32 bits per heavy atom. The number of carbonyl (C=O) groups excluding carboxylic acids is 1. The molecule has 1 aliphatic carbocycles. The number of nitrogens with zero attached hydrogens (tertiary/aromatic N) is 5. The predicted octanol–water partition coefficient (Wildman–Crippen LogP) is 2.50. The molecule has 2 aromatic heterocycles. The maximum Gasteiger partial charge on any atom is 0.322 e. The molecule has 1 aliphatic rings. The number of hydrogen-bond donors (Lipinski definition) is 2. The lowest BCUT2D eigenvalue weighted by Gasteiger charge is -2.23. The van der Waals surface area contributed by atoms with Gasteiger partial charge < -0.3 is 10.2 Å². The third-order valence-corrected chi connectivity index (χ3v) is 4.80. The van der Waals surface area contributed by atoms with E-state index < -0.39 is 0 Å². The van der Waals surface area contributed by atoms with E-state index in [1.807, 2.05) is 48.7 Å². The topological polar surface area (TPSA) is 91.7 Å². The molecule has 0 atom stereocenters. The number of anilines is 1. The molecule has 4 rings (SSSR count). The van der Waals surface area contributed by atoms with Crippen molar-refractivity contribution in [2.24, 2.45) is 7.05 Å². The van der Waals surface area contributed by atoms with Crippen LogP contribution in [0.15, 0.2) is 18.2 Å². The Bertz CT molecular complexity index is 938. The van der Waals surface area contributed by atoms with E-state index in [1.54, 1.807) is 0 Å². The van der Waals surface area contributed by atoms with E-state index in [9.17, 15) is 4.79 Å². The fourth-order valence-electron chi connectivity index (χ4n) is 3.08. The lowest BCUT2D eigenvalue weighted by molar-refractivity contribution is 0.206. The Labute approximate surface area is 145 Å². The highest BCUT2D eigenvalue weighted by molar-refractivity contribution is 5.92. The highest BCUT2D eigenvalue weighted by Crippen LogP contribution is 2.30. The zero-order valence-electron chi connectivity index (χ0n) is 14.6. The molecule has 0 aliphatic heterocycles. The monoisotopic (exact) mass is 339 g/mol. The van der Waals surface area contributed by atoms with Crippen LogP contribution in [0.5, 0.6) is 0 Å². The second-order valence-electron chi connectivity index (χ2n) is 6.59. The fraction of sp³-hybridized carbons (Fsp3) is 0.412. The molecule has 1 saturated carbocycles. The lowest BCUT2D eigenvalue weighted by Crippen LogP contribution is -2.36. The SMILES string of the molecule is Cc1nn(C)c(C)c1CN(C(=O)Nc1ccc2n[nH]nc2c1)C1CC1. The molecule has 0 bridgehead atoms. The summed E-state index contributed by atoms with van der Waals surface area (Å²) in [6, 6.07) is 5.71. The highest BCUT2D eigenvalue weighted by atomic mass is 16.2. The van der Waals surface area contributed by atoms with Gasteiger partial charge in [-0.1, -0.05) is 0 Å². The van der Waals surface area contributed by atoms with E-state index in [4.69, 9.17) is 0 Å². The summed E-state index contributed by atoms with van der Waals surface area (Å²) in [7, 11) is 1.93. The molecule has 8 heteroatoms. The van der Waals surface area contributed by atoms with Crippen molar-refractivity contribution in [3.8, 4) is 0 Å². The molecule has 3 aromatic rings. The van der Waals surface area contributed by atoms with Gasteiger partial charge in [0.25, 0.3) is 0 Å². The van der Waals surface area contributed by atoms with E-state index in [0.29, 0.717) is 12.6 Å². The molecule has 8 nitrogen and oxygen atoms in total. The second kappa shape index (κ2) is 5.87. The number of urea groups is 1. The fourth-order valence-corrected chi connectivity index (χ4v) is 3.08. The molecular formula is C17H21N7O. The minimum absolute atomic E-state index is 0.0898. The smallest absolute Gasteiger partial charge is 0.317 e. The molecule has 0 saturated heterocycles. The van der Waals surface area contributed by atoms with Crippen LogP contribution >= 0.6 is 0 Å². The van der Waals surface area contributed by atoms with E-state index >= 15 is 0 Å². The van der Waals surface area contributed by atoms with Crippen molar-refractivity contribution < 1.29 is 4.79 Å². The third-order valence-electron chi connectivity index (χ3n) is 4.80. The molecule has 25 heavy (non-hydrogen) atoms. The molecule has 0 spiro atoms. The Balaban J connectivity index is 1.54. The molecule has 1 aromatic carbocycles. The average Bonchev–Trinajstić information content (AvgIpc) is 3.25. The highest BCUT2D eigenvalue weighted by Gasteiger charge is 2.33. The van der Waals surface area contributed by atoms with Crippen LogP contribution in [0.2, 0.25) is 0 Å².